The van der Waals surface area contributed by atoms with E-state index in [-0.39, 0.29) is 6.61 Å². The first-order valence-corrected chi connectivity index (χ1v) is 9.84. The Labute approximate surface area is 171 Å². The molecule has 0 aliphatic carbocycles. The molecule has 1 aromatic heterocycles. The molecule has 0 spiro atoms. The van der Waals surface area contributed by atoms with Gasteiger partial charge in [0.05, 0.1) is 18.0 Å². The van der Waals surface area contributed by atoms with Crippen LogP contribution in [0.3, 0.4) is 0 Å². The lowest BCUT2D eigenvalue weighted by Gasteiger charge is -2.18. The number of rotatable bonds is 8. The molecular formula is C23H26N4O2. The second kappa shape index (κ2) is 9.68. The van der Waals surface area contributed by atoms with E-state index in [1.807, 2.05) is 54.6 Å². The number of hydrogen-bond donors (Lipinski definition) is 2. The van der Waals surface area contributed by atoms with Gasteiger partial charge in [-0.25, -0.2) is 14.8 Å². The van der Waals surface area contributed by atoms with Gasteiger partial charge in [0, 0.05) is 17.8 Å². The predicted molar refractivity (Wildman–Crippen MR) is 117 cm³/mol. The quantitative estimate of drug-likeness (QED) is 0.510. The maximum absolute atomic E-state index is 12.5. The minimum atomic E-state index is -0.457. The minimum Gasteiger partial charge on any atom is -0.462 e. The van der Waals surface area contributed by atoms with E-state index in [1.165, 1.54) is 6.20 Å². The highest BCUT2D eigenvalue weighted by molar-refractivity contribution is 5.96. The van der Waals surface area contributed by atoms with Gasteiger partial charge in [-0.05, 0) is 32.4 Å². The Morgan fingerprint density at radius 3 is 2.41 bits per heavy atom. The Morgan fingerprint density at radius 1 is 1.03 bits per heavy atom. The molecule has 2 aromatic carbocycles. The molecule has 1 unspecified atom stereocenters. The number of carbonyl (C=O) groups excluding carboxylic acids is 1. The summed E-state index contributed by atoms with van der Waals surface area (Å²) in [4.78, 5) is 21.5. The molecule has 0 fully saturated rings. The zero-order chi connectivity index (χ0) is 20.6. The molecule has 6 nitrogen and oxygen atoms in total. The lowest BCUT2D eigenvalue weighted by atomic mass is 10.2. The van der Waals surface area contributed by atoms with Crippen molar-refractivity contribution in [2.75, 3.05) is 17.2 Å². The Kier molecular flexibility index (Phi) is 6.79. The first kappa shape index (κ1) is 20.3. The second-order valence-electron chi connectivity index (χ2n) is 6.67. The molecule has 0 saturated carbocycles. The average molecular weight is 390 g/mol. The number of anilines is 3. The van der Waals surface area contributed by atoms with E-state index >= 15 is 0 Å². The molecule has 150 valence electrons. The highest BCUT2D eigenvalue weighted by Crippen LogP contribution is 2.28. The number of esters is 1. The summed E-state index contributed by atoms with van der Waals surface area (Å²) in [6, 6.07) is 17.8. The van der Waals surface area contributed by atoms with Crippen LogP contribution in [0.15, 0.2) is 60.8 Å². The average Bonchev–Trinajstić information content (AvgIpc) is 2.75. The van der Waals surface area contributed by atoms with Crippen LogP contribution >= 0.6 is 0 Å². The van der Waals surface area contributed by atoms with Crippen molar-refractivity contribution in [2.45, 2.75) is 33.2 Å². The van der Waals surface area contributed by atoms with Crippen LogP contribution < -0.4 is 10.6 Å². The van der Waals surface area contributed by atoms with Gasteiger partial charge in [-0.3, -0.25) is 0 Å². The second-order valence-corrected chi connectivity index (χ2v) is 6.67. The molecule has 0 amide bonds. The van der Waals surface area contributed by atoms with E-state index in [1.54, 1.807) is 6.92 Å². The molecule has 0 radical (unpaired) electrons. The third kappa shape index (κ3) is 5.10. The van der Waals surface area contributed by atoms with E-state index in [4.69, 9.17) is 4.74 Å². The van der Waals surface area contributed by atoms with Gasteiger partial charge in [0.15, 0.2) is 5.82 Å². The number of ether oxygens (including phenoxy) is 1. The van der Waals surface area contributed by atoms with Gasteiger partial charge in [0.25, 0.3) is 0 Å². The third-order valence-electron chi connectivity index (χ3n) is 4.51. The van der Waals surface area contributed by atoms with Crippen molar-refractivity contribution in [3.63, 3.8) is 0 Å². The monoisotopic (exact) mass is 390 g/mol. The molecule has 0 saturated heterocycles. The zero-order valence-electron chi connectivity index (χ0n) is 17.0. The maximum Gasteiger partial charge on any atom is 0.343 e. The van der Waals surface area contributed by atoms with Crippen LogP contribution in [0.4, 0.5) is 17.2 Å². The largest absolute Gasteiger partial charge is 0.462 e. The van der Waals surface area contributed by atoms with Crippen molar-refractivity contribution < 1.29 is 9.53 Å². The van der Waals surface area contributed by atoms with Gasteiger partial charge in [-0.15, -0.1) is 0 Å². The van der Waals surface area contributed by atoms with Crippen LogP contribution in [0.2, 0.25) is 0 Å². The Morgan fingerprint density at radius 2 is 1.72 bits per heavy atom. The lowest BCUT2D eigenvalue weighted by molar-refractivity contribution is 0.0526. The molecular weight excluding hydrogens is 364 g/mol. The minimum absolute atomic E-state index is 0.283. The van der Waals surface area contributed by atoms with Crippen molar-refractivity contribution >= 4 is 23.2 Å². The van der Waals surface area contributed by atoms with Crippen LogP contribution in [-0.2, 0) is 4.74 Å². The molecule has 1 heterocycles. The lowest BCUT2D eigenvalue weighted by Crippen LogP contribution is -2.15. The highest BCUT2D eigenvalue weighted by Gasteiger charge is 2.18. The van der Waals surface area contributed by atoms with Crippen molar-refractivity contribution in [2.24, 2.45) is 0 Å². The van der Waals surface area contributed by atoms with E-state index in [9.17, 15) is 4.79 Å². The van der Waals surface area contributed by atoms with Crippen LogP contribution in [-0.4, -0.2) is 28.6 Å². The number of benzene rings is 2. The van der Waals surface area contributed by atoms with E-state index in [2.05, 4.69) is 34.4 Å². The van der Waals surface area contributed by atoms with Crippen LogP contribution in [0, 0.1) is 0 Å². The number of carbonyl (C=O) groups is 1. The summed E-state index contributed by atoms with van der Waals surface area (Å²) in [5.41, 5.74) is 2.94. The SMILES string of the molecule is CCOC(=O)c1cnc(-c2ccccc2)nc1Nc1ccccc1NC(C)CC. The maximum atomic E-state index is 12.5. The first-order valence-electron chi connectivity index (χ1n) is 9.84. The molecule has 2 N–H and O–H groups in total. The van der Waals surface area contributed by atoms with Crippen LogP contribution in [0.25, 0.3) is 11.4 Å². The van der Waals surface area contributed by atoms with Gasteiger partial charge in [-0.2, -0.15) is 0 Å². The van der Waals surface area contributed by atoms with Crippen molar-refractivity contribution in [3.8, 4) is 11.4 Å². The fraction of sp³-hybridized carbons (Fsp3) is 0.261. The molecule has 1 atom stereocenters. The zero-order valence-corrected chi connectivity index (χ0v) is 17.0. The molecule has 0 aliphatic rings. The molecule has 0 bridgehead atoms. The van der Waals surface area contributed by atoms with Crippen molar-refractivity contribution in [1.29, 1.82) is 0 Å². The fourth-order valence-corrected chi connectivity index (χ4v) is 2.77. The highest BCUT2D eigenvalue weighted by atomic mass is 16.5. The van der Waals surface area contributed by atoms with Gasteiger partial charge in [-0.1, -0.05) is 49.4 Å². The summed E-state index contributed by atoms with van der Waals surface area (Å²) in [5.74, 6) is 0.492. The Hall–Kier alpha value is -3.41. The number of nitrogens with zero attached hydrogens (tertiary/aromatic N) is 2. The van der Waals surface area contributed by atoms with Crippen LogP contribution in [0.5, 0.6) is 0 Å². The number of hydrogen-bond acceptors (Lipinski definition) is 6. The molecule has 3 aromatic rings. The van der Waals surface area contributed by atoms with Gasteiger partial charge < -0.3 is 15.4 Å². The van der Waals surface area contributed by atoms with E-state index in [0.29, 0.717) is 23.2 Å². The normalized spacial score (nSPS) is 11.6. The van der Waals surface area contributed by atoms with E-state index < -0.39 is 5.97 Å². The number of para-hydroxylation sites is 2. The van der Waals surface area contributed by atoms with Crippen molar-refractivity contribution in [1.82, 2.24) is 9.97 Å². The van der Waals surface area contributed by atoms with Crippen molar-refractivity contribution in [3.05, 3.63) is 66.4 Å². The van der Waals surface area contributed by atoms with Gasteiger partial charge in [0.1, 0.15) is 11.4 Å². The standard InChI is InChI=1S/C23H26N4O2/c1-4-16(3)25-19-13-9-10-14-20(19)26-22-18(23(28)29-5-2)15-24-21(27-22)17-11-7-6-8-12-17/h6-16,25H,4-5H2,1-3H3,(H,24,26,27). The number of aromatic nitrogens is 2. The summed E-state index contributed by atoms with van der Waals surface area (Å²) in [5, 5.41) is 6.78. The van der Waals surface area contributed by atoms with Gasteiger partial charge in [0.2, 0.25) is 0 Å². The molecule has 0 aliphatic heterocycles. The summed E-state index contributed by atoms with van der Waals surface area (Å²) in [6.07, 6.45) is 2.51. The van der Waals surface area contributed by atoms with Crippen LogP contribution in [0.1, 0.15) is 37.6 Å². The van der Waals surface area contributed by atoms with E-state index in [0.717, 1.165) is 23.4 Å². The smallest absolute Gasteiger partial charge is 0.343 e. The summed E-state index contributed by atoms with van der Waals surface area (Å²) in [7, 11) is 0. The molecule has 6 heteroatoms. The third-order valence-corrected chi connectivity index (χ3v) is 4.51. The molecule has 3 rings (SSSR count). The summed E-state index contributed by atoms with van der Waals surface area (Å²) in [6.45, 7) is 6.31. The van der Waals surface area contributed by atoms with Gasteiger partial charge >= 0.3 is 5.97 Å². The summed E-state index contributed by atoms with van der Waals surface area (Å²) >= 11 is 0. The Balaban J connectivity index is 2.01. The Bertz CT molecular complexity index is 960. The first-order chi connectivity index (χ1) is 14.1. The number of nitrogens with one attached hydrogen (secondary N) is 2. The fourth-order valence-electron chi connectivity index (χ4n) is 2.77. The predicted octanol–water partition coefficient (Wildman–Crippen LogP) is 5.27. The summed E-state index contributed by atoms with van der Waals surface area (Å²) < 4.78 is 5.19. The molecule has 29 heavy (non-hydrogen) atoms. The topological polar surface area (TPSA) is 76.1 Å².